The quantitative estimate of drug-likeness (QED) is 0.528. The molecule has 0 bridgehead atoms. The third kappa shape index (κ3) is 3.61. The van der Waals surface area contributed by atoms with Gasteiger partial charge in [0.05, 0.1) is 23.0 Å². The zero-order valence-corrected chi connectivity index (χ0v) is 16.9. The van der Waals surface area contributed by atoms with Gasteiger partial charge in [0.2, 0.25) is 11.7 Å². The molecule has 4 rings (SSSR count). The lowest BCUT2D eigenvalue weighted by molar-refractivity contribution is -0.114. The number of pyridine rings is 1. The molecule has 1 N–H and O–H groups in total. The summed E-state index contributed by atoms with van der Waals surface area (Å²) in [5.74, 6) is -3.64. The fourth-order valence-corrected chi connectivity index (χ4v) is 3.15. The van der Waals surface area contributed by atoms with Crippen molar-refractivity contribution in [3.8, 4) is 17.1 Å². The van der Waals surface area contributed by atoms with Crippen LogP contribution >= 0.6 is 11.6 Å². The van der Waals surface area contributed by atoms with Crippen molar-refractivity contribution in [1.29, 1.82) is 0 Å². The van der Waals surface area contributed by atoms with Crippen molar-refractivity contribution in [3.05, 3.63) is 47.8 Å². The maximum absolute atomic E-state index is 14.2. The van der Waals surface area contributed by atoms with Crippen molar-refractivity contribution in [2.24, 2.45) is 7.05 Å². The second-order valence-electron chi connectivity index (χ2n) is 6.79. The second-order valence-corrected chi connectivity index (χ2v) is 7.15. The molecule has 0 saturated carbocycles. The average Bonchev–Trinajstić information content (AvgIpc) is 3.23. The van der Waals surface area contributed by atoms with E-state index in [0.29, 0.717) is 16.9 Å². The van der Waals surface area contributed by atoms with Crippen molar-refractivity contribution in [2.45, 2.75) is 19.8 Å². The summed E-state index contributed by atoms with van der Waals surface area (Å²) in [6.45, 7) is 2.10. The fourth-order valence-electron chi connectivity index (χ4n) is 2.96. The monoisotopic (exact) mass is 431 g/mol. The Hall–Kier alpha value is -3.40. The predicted octanol–water partition coefficient (Wildman–Crippen LogP) is 3.94. The number of carbonyl (C=O) groups excluding carboxylic acids is 1. The third-order valence-corrected chi connectivity index (χ3v) is 4.82. The van der Waals surface area contributed by atoms with E-state index in [1.165, 1.54) is 17.8 Å². The number of nitrogens with zero attached hydrogens (tertiary/aromatic N) is 6. The number of aromatic nitrogens is 6. The average molecular weight is 432 g/mol. The summed E-state index contributed by atoms with van der Waals surface area (Å²) in [6, 6.07) is 4.96. The van der Waals surface area contributed by atoms with Crippen LogP contribution in [0, 0.1) is 0 Å². The van der Waals surface area contributed by atoms with Gasteiger partial charge in [-0.2, -0.15) is 13.9 Å². The van der Waals surface area contributed by atoms with Crippen LogP contribution in [0.1, 0.15) is 19.7 Å². The minimum absolute atomic E-state index is 0.214. The standard InChI is InChI=1S/C19H16ClF2N7O/c1-10(30)25-15-7-14-11(8-23-15)4-5-29(14)16-6-13(12-9-24-28(3)17(12)20)26-18(27-16)19(2,21)22/h4-9H,1-3H3,(H,23,25,30). The predicted molar refractivity (Wildman–Crippen MR) is 108 cm³/mol. The molecule has 8 nitrogen and oxygen atoms in total. The lowest BCUT2D eigenvalue weighted by Gasteiger charge is -2.14. The number of hydrogen-bond donors (Lipinski definition) is 1. The Morgan fingerprint density at radius 1 is 1.23 bits per heavy atom. The van der Waals surface area contributed by atoms with Crippen LogP contribution < -0.4 is 5.32 Å². The molecule has 0 saturated heterocycles. The Kier molecular flexibility index (Phi) is 4.73. The van der Waals surface area contributed by atoms with Gasteiger partial charge in [0.25, 0.3) is 0 Å². The molecule has 0 unspecified atom stereocenters. The number of aryl methyl sites for hydroxylation is 1. The van der Waals surface area contributed by atoms with E-state index in [1.807, 2.05) is 0 Å². The van der Waals surface area contributed by atoms with Gasteiger partial charge in [-0.05, 0) is 6.07 Å². The van der Waals surface area contributed by atoms with E-state index in [4.69, 9.17) is 11.6 Å². The summed E-state index contributed by atoms with van der Waals surface area (Å²) in [5.41, 5.74) is 1.25. The van der Waals surface area contributed by atoms with Crippen LogP contribution in [0.15, 0.2) is 36.8 Å². The van der Waals surface area contributed by atoms with Gasteiger partial charge < -0.3 is 9.88 Å². The molecule has 0 aliphatic heterocycles. The molecule has 4 aromatic rings. The van der Waals surface area contributed by atoms with E-state index in [1.54, 1.807) is 42.2 Å². The van der Waals surface area contributed by atoms with Crippen molar-refractivity contribution >= 4 is 34.2 Å². The molecule has 4 aromatic heterocycles. The highest BCUT2D eigenvalue weighted by Gasteiger charge is 2.30. The van der Waals surface area contributed by atoms with E-state index in [0.717, 1.165) is 12.3 Å². The smallest absolute Gasteiger partial charge is 0.303 e. The van der Waals surface area contributed by atoms with Gasteiger partial charge in [0.1, 0.15) is 16.8 Å². The number of hydrogen-bond acceptors (Lipinski definition) is 5. The highest BCUT2D eigenvalue weighted by Crippen LogP contribution is 2.32. The first-order chi connectivity index (χ1) is 14.1. The fraction of sp³-hybridized carbons (Fsp3) is 0.211. The van der Waals surface area contributed by atoms with E-state index in [2.05, 4.69) is 25.4 Å². The zero-order valence-electron chi connectivity index (χ0n) is 16.2. The number of alkyl halides is 2. The summed E-state index contributed by atoms with van der Waals surface area (Å²) < 4.78 is 31.3. The number of amides is 1. The molecule has 4 heterocycles. The molecule has 11 heteroatoms. The highest BCUT2D eigenvalue weighted by atomic mass is 35.5. The maximum atomic E-state index is 14.2. The second kappa shape index (κ2) is 7.13. The summed E-state index contributed by atoms with van der Waals surface area (Å²) in [4.78, 5) is 23.6. The Bertz CT molecular complexity index is 1280. The van der Waals surface area contributed by atoms with Gasteiger partial charge in [0, 0.05) is 50.8 Å². The first-order valence-corrected chi connectivity index (χ1v) is 9.21. The Morgan fingerprint density at radius 3 is 2.63 bits per heavy atom. The van der Waals surface area contributed by atoms with E-state index < -0.39 is 11.7 Å². The molecule has 0 aromatic carbocycles. The van der Waals surface area contributed by atoms with Crippen LogP contribution in [0.5, 0.6) is 0 Å². The Balaban J connectivity index is 1.93. The normalized spacial score (nSPS) is 11.8. The van der Waals surface area contributed by atoms with Crippen LogP contribution in [-0.4, -0.2) is 35.2 Å². The first-order valence-electron chi connectivity index (χ1n) is 8.84. The molecule has 0 aliphatic carbocycles. The third-order valence-electron chi connectivity index (χ3n) is 4.37. The maximum Gasteiger partial charge on any atom is 0.303 e. The molecule has 1 amide bonds. The van der Waals surface area contributed by atoms with Gasteiger partial charge in [-0.25, -0.2) is 15.0 Å². The highest BCUT2D eigenvalue weighted by molar-refractivity contribution is 6.32. The SMILES string of the molecule is CC(=O)Nc1cc2c(ccn2-c2cc(-c3cnn(C)c3Cl)nc(C(C)(F)F)n2)cn1. The van der Waals surface area contributed by atoms with E-state index >= 15 is 0 Å². The molecule has 0 aliphatic rings. The number of fused-ring (bicyclic) bond motifs is 1. The van der Waals surface area contributed by atoms with Crippen molar-refractivity contribution in [3.63, 3.8) is 0 Å². The number of nitrogens with one attached hydrogen (secondary N) is 1. The minimum atomic E-state index is -3.27. The molecule has 0 radical (unpaired) electrons. The number of anilines is 1. The van der Waals surface area contributed by atoms with Crippen molar-refractivity contribution < 1.29 is 13.6 Å². The van der Waals surface area contributed by atoms with Crippen LogP contribution in [0.4, 0.5) is 14.6 Å². The summed E-state index contributed by atoms with van der Waals surface area (Å²) in [5, 5.41) is 7.66. The summed E-state index contributed by atoms with van der Waals surface area (Å²) in [6.07, 6.45) is 4.71. The van der Waals surface area contributed by atoms with Crippen LogP contribution in [0.3, 0.4) is 0 Å². The molecule has 0 spiro atoms. The topological polar surface area (TPSA) is 90.5 Å². The van der Waals surface area contributed by atoms with Gasteiger partial charge in [0.15, 0.2) is 0 Å². The van der Waals surface area contributed by atoms with Crippen molar-refractivity contribution in [1.82, 2.24) is 29.3 Å². The van der Waals surface area contributed by atoms with Gasteiger partial charge in [-0.15, -0.1) is 0 Å². The number of halogens is 3. The Labute approximate surface area is 174 Å². The zero-order chi connectivity index (χ0) is 21.6. The molecular formula is C19H16ClF2N7O. The molecule has 30 heavy (non-hydrogen) atoms. The van der Waals surface area contributed by atoms with Gasteiger partial charge >= 0.3 is 5.92 Å². The summed E-state index contributed by atoms with van der Waals surface area (Å²) >= 11 is 6.25. The minimum Gasteiger partial charge on any atom is -0.311 e. The molecule has 0 fully saturated rings. The molecule has 154 valence electrons. The van der Waals surface area contributed by atoms with Gasteiger partial charge in [-0.1, -0.05) is 11.6 Å². The molecular weight excluding hydrogens is 416 g/mol. The summed E-state index contributed by atoms with van der Waals surface area (Å²) in [7, 11) is 1.64. The Morgan fingerprint density at radius 2 is 2.00 bits per heavy atom. The van der Waals surface area contributed by atoms with Crippen LogP contribution in [-0.2, 0) is 17.8 Å². The number of rotatable bonds is 4. The van der Waals surface area contributed by atoms with E-state index in [-0.39, 0.29) is 22.6 Å². The van der Waals surface area contributed by atoms with Crippen LogP contribution in [0.25, 0.3) is 28.0 Å². The largest absolute Gasteiger partial charge is 0.311 e. The number of carbonyl (C=O) groups is 1. The van der Waals surface area contributed by atoms with Gasteiger partial charge in [-0.3, -0.25) is 9.48 Å². The van der Waals surface area contributed by atoms with E-state index in [9.17, 15) is 13.6 Å². The molecule has 0 atom stereocenters. The first kappa shape index (κ1) is 19.9. The van der Waals surface area contributed by atoms with Crippen molar-refractivity contribution in [2.75, 3.05) is 5.32 Å². The van der Waals surface area contributed by atoms with Crippen LogP contribution in [0.2, 0.25) is 5.15 Å². The lowest BCUT2D eigenvalue weighted by atomic mass is 10.2. The lowest BCUT2D eigenvalue weighted by Crippen LogP contribution is -2.15.